The highest BCUT2D eigenvalue weighted by molar-refractivity contribution is 5.61. The molecule has 0 aromatic carbocycles. The molecule has 3 rings (SSSR count). The van der Waals surface area contributed by atoms with E-state index in [0.717, 1.165) is 38.0 Å². The van der Waals surface area contributed by atoms with Crippen LogP contribution in [0.5, 0.6) is 0 Å². The first kappa shape index (κ1) is 11.4. The SMILES string of the molecule is CCCn1cc(-c2cnc3c(c2)CNCC3)cn1. The molecule has 94 valence electrons. The second-order valence-corrected chi connectivity index (χ2v) is 4.75. The van der Waals surface area contributed by atoms with Crippen LogP contribution in [0.3, 0.4) is 0 Å². The third-order valence-corrected chi connectivity index (χ3v) is 3.33. The molecule has 0 radical (unpaired) electrons. The first-order valence-corrected chi connectivity index (χ1v) is 6.58. The van der Waals surface area contributed by atoms with E-state index in [1.807, 2.05) is 17.1 Å². The van der Waals surface area contributed by atoms with Gasteiger partial charge in [-0.2, -0.15) is 5.10 Å². The van der Waals surface area contributed by atoms with Crippen LogP contribution in [-0.4, -0.2) is 21.3 Å². The second kappa shape index (κ2) is 4.90. The molecular formula is C14H18N4. The van der Waals surface area contributed by atoms with Gasteiger partial charge in [-0.3, -0.25) is 9.67 Å². The zero-order valence-corrected chi connectivity index (χ0v) is 10.7. The normalized spacial score (nSPS) is 14.5. The minimum Gasteiger partial charge on any atom is -0.312 e. The van der Waals surface area contributed by atoms with Crippen LogP contribution < -0.4 is 5.32 Å². The molecule has 0 saturated heterocycles. The van der Waals surface area contributed by atoms with Gasteiger partial charge < -0.3 is 5.32 Å². The number of fused-ring (bicyclic) bond motifs is 1. The van der Waals surface area contributed by atoms with Crippen LogP contribution in [-0.2, 0) is 19.5 Å². The monoisotopic (exact) mass is 242 g/mol. The highest BCUT2D eigenvalue weighted by Crippen LogP contribution is 2.22. The third-order valence-electron chi connectivity index (χ3n) is 3.33. The quantitative estimate of drug-likeness (QED) is 0.895. The molecular weight excluding hydrogens is 224 g/mol. The minimum absolute atomic E-state index is 0.930. The number of pyridine rings is 1. The maximum Gasteiger partial charge on any atom is 0.0568 e. The lowest BCUT2D eigenvalue weighted by molar-refractivity contribution is 0.603. The zero-order chi connectivity index (χ0) is 12.4. The van der Waals surface area contributed by atoms with Crippen molar-refractivity contribution in [1.82, 2.24) is 20.1 Å². The fourth-order valence-electron chi connectivity index (χ4n) is 2.37. The molecule has 3 heterocycles. The first-order valence-electron chi connectivity index (χ1n) is 6.58. The predicted molar refractivity (Wildman–Crippen MR) is 71.2 cm³/mol. The highest BCUT2D eigenvalue weighted by Gasteiger charge is 2.11. The van der Waals surface area contributed by atoms with Gasteiger partial charge in [0.25, 0.3) is 0 Å². The molecule has 4 heteroatoms. The van der Waals surface area contributed by atoms with Gasteiger partial charge in [0, 0.05) is 55.3 Å². The van der Waals surface area contributed by atoms with E-state index in [1.165, 1.54) is 16.8 Å². The lowest BCUT2D eigenvalue weighted by atomic mass is 10.0. The fraction of sp³-hybridized carbons (Fsp3) is 0.429. The van der Waals surface area contributed by atoms with Crippen LogP contribution in [0.15, 0.2) is 24.7 Å². The van der Waals surface area contributed by atoms with Crippen molar-refractivity contribution in [3.63, 3.8) is 0 Å². The Bertz CT molecular complexity index is 544. The lowest BCUT2D eigenvalue weighted by Gasteiger charge is -2.16. The van der Waals surface area contributed by atoms with Crippen LogP contribution in [0, 0.1) is 0 Å². The third kappa shape index (κ3) is 2.16. The Labute approximate surface area is 107 Å². The van der Waals surface area contributed by atoms with Crippen molar-refractivity contribution in [3.05, 3.63) is 35.9 Å². The van der Waals surface area contributed by atoms with Crippen LogP contribution in [0.1, 0.15) is 24.6 Å². The van der Waals surface area contributed by atoms with Crippen LogP contribution in [0.2, 0.25) is 0 Å². The van der Waals surface area contributed by atoms with Crippen molar-refractivity contribution in [3.8, 4) is 11.1 Å². The Balaban J connectivity index is 1.91. The smallest absolute Gasteiger partial charge is 0.0568 e. The molecule has 0 saturated carbocycles. The molecule has 2 aromatic heterocycles. The van der Waals surface area contributed by atoms with E-state index < -0.39 is 0 Å². The fourth-order valence-corrected chi connectivity index (χ4v) is 2.37. The Kier molecular flexibility index (Phi) is 3.11. The standard InChI is InChI=1S/C14H18N4/c1-2-5-18-10-13(9-17-18)11-6-12-7-15-4-3-14(12)16-8-11/h6,8-10,15H,2-5,7H2,1H3. The van der Waals surface area contributed by atoms with E-state index >= 15 is 0 Å². The van der Waals surface area contributed by atoms with Crippen molar-refractivity contribution in [2.75, 3.05) is 6.54 Å². The lowest BCUT2D eigenvalue weighted by Crippen LogP contribution is -2.24. The van der Waals surface area contributed by atoms with E-state index in [2.05, 4.69) is 34.6 Å². The predicted octanol–water partition coefficient (Wildman–Crippen LogP) is 2.00. The van der Waals surface area contributed by atoms with E-state index in [0.29, 0.717) is 0 Å². The average Bonchev–Trinajstić information content (AvgIpc) is 2.87. The van der Waals surface area contributed by atoms with Gasteiger partial charge in [-0.25, -0.2) is 0 Å². The number of rotatable bonds is 3. The maximum atomic E-state index is 4.57. The van der Waals surface area contributed by atoms with E-state index in [9.17, 15) is 0 Å². The van der Waals surface area contributed by atoms with Crippen LogP contribution in [0.25, 0.3) is 11.1 Å². The Morgan fingerprint density at radius 3 is 3.17 bits per heavy atom. The molecule has 0 bridgehead atoms. The summed E-state index contributed by atoms with van der Waals surface area (Å²) in [5.41, 5.74) is 4.88. The number of nitrogens with one attached hydrogen (secondary N) is 1. The Hall–Kier alpha value is -1.68. The van der Waals surface area contributed by atoms with E-state index in [4.69, 9.17) is 0 Å². The summed E-state index contributed by atoms with van der Waals surface area (Å²) in [5, 5.41) is 7.75. The summed E-state index contributed by atoms with van der Waals surface area (Å²) in [6.07, 6.45) is 8.13. The summed E-state index contributed by atoms with van der Waals surface area (Å²) in [7, 11) is 0. The summed E-state index contributed by atoms with van der Waals surface area (Å²) in [4.78, 5) is 4.57. The van der Waals surface area contributed by atoms with Gasteiger partial charge >= 0.3 is 0 Å². The highest BCUT2D eigenvalue weighted by atomic mass is 15.3. The van der Waals surface area contributed by atoms with Crippen molar-refractivity contribution in [1.29, 1.82) is 0 Å². The maximum absolute atomic E-state index is 4.57. The van der Waals surface area contributed by atoms with Gasteiger partial charge in [-0.1, -0.05) is 6.92 Å². The molecule has 1 aliphatic heterocycles. The van der Waals surface area contributed by atoms with Gasteiger partial charge in [-0.15, -0.1) is 0 Å². The molecule has 2 aromatic rings. The molecule has 0 atom stereocenters. The van der Waals surface area contributed by atoms with Crippen molar-refractivity contribution in [2.45, 2.75) is 32.9 Å². The van der Waals surface area contributed by atoms with E-state index in [1.54, 1.807) is 0 Å². The topological polar surface area (TPSA) is 42.7 Å². The van der Waals surface area contributed by atoms with E-state index in [-0.39, 0.29) is 0 Å². The molecule has 0 fully saturated rings. The van der Waals surface area contributed by atoms with Gasteiger partial charge in [0.1, 0.15) is 0 Å². The molecule has 18 heavy (non-hydrogen) atoms. The largest absolute Gasteiger partial charge is 0.312 e. The van der Waals surface area contributed by atoms with Crippen molar-refractivity contribution < 1.29 is 0 Å². The summed E-state index contributed by atoms with van der Waals surface area (Å²) in [6.45, 7) is 5.10. The molecule has 0 unspecified atom stereocenters. The van der Waals surface area contributed by atoms with Gasteiger partial charge in [0.2, 0.25) is 0 Å². The Morgan fingerprint density at radius 1 is 1.33 bits per heavy atom. The molecule has 0 amide bonds. The van der Waals surface area contributed by atoms with Gasteiger partial charge in [0.15, 0.2) is 0 Å². The van der Waals surface area contributed by atoms with Crippen LogP contribution >= 0.6 is 0 Å². The summed E-state index contributed by atoms with van der Waals surface area (Å²) >= 11 is 0. The molecule has 4 nitrogen and oxygen atoms in total. The number of aryl methyl sites for hydroxylation is 1. The molecule has 1 aliphatic rings. The summed E-state index contributed by atoms with van der Waals surface area (Å²) in [6, 6.07) is 2.24. The molecule has 0 spiro atoms. The minimum atomic E-state index is 0.930. The number of hydrogen-bond donors (Lipinski definition) is 1. The van der Waals surface area contributed by atoms with Crippen molar-refractivity contribution >= 4 is 0 Å². The first-order chi connectivity index (χ1) is 8.86. The molecule has 0 aliphatic carbocycles. The number of nitrogens with zero attached hydrogens (tertiary/aromatic N) is 3. The second-order valence-electron chi connectivity index (χ2n) is 4.75. The summed E-state index contributed by atoms with van der Waals surface area (Å²) < 4.78 is 1.99. The van der Waals surface area contributed by atoms with Gasteiger partial charge in [0.05, 0.1) is 6.20 Å². The van der Waals surface area contributed by atoms with Crippen LogP contribution in [0.4, 0.5) is 0 Å². The number of hydrogen-bond acceptors (Lipinski definition) is 3. The van der Waals surface area contributed by atoms with Crippen molar-refractivity contribution in [2.24, 2.45) is 0 Å². The summed E-state index contributed by atoms with van der Waals surface area (Å²) in [5.74, 6) is 0. The Morgan fingerprint density at radius 2 is 2.28 bits per heavy atom. The molecule has 1 N–H and O–H groups in total. The number of aromatic nitrogens is 3. The average molecular weight is 242 g/mol. The zero-order valence-electron chi connectivity index (χ0n) is 10.7. The van der Waals surface area contributed by atoms with Gasteiger partial charge in [-0.05, 0) is 18.1 Å².